The third kappa shape index (κ3) is 3.48. The van der Waals surface area contributed by atoms with Crippen LogP contribution in [0.1, 0.15) is 6.92 Å². The summed E-state index contributed by atoms with van der Waals surface area (Å²) in [5.41, 5.74) is 3.98. The number of benzene rings is 2. The number of amides is 1. The van der Waals surface area contributed by atoms with E-state index in [-0.39, 0.29) is 5.91 Å². The Labute approximate surface area is 156 Å². The molecule has 27 heavy (non-hydrogen) atoms. The summed E-state index contributed by atoms with van der Waals surface area (Å²) < 4.78 is 5.92. The number of aromatic nitrogens is 2. The molecule has 1 amide bonds. The highest BCUT2D eigenvalue weighted by molar-refractivity contribution is 5.92. The van der Waals surface area contributed by atoms with Gasteiger partial charge in [-0.05, 0) is 11.6 Å². The van der Waals surface area contributed by atoms with Gasteiger partial charge >= 0.3 is 0 Å². The zero-order chi connectivity index (χ0) is 18.6. The zero-order valence-corrected chi connectivity index (χ0v) is 14.7. The molecule has 2 aromatic carbocycles. The summed E-state index contributed by atoms with van der Waals surface area (Å²) in [5.74, 6) is 0.449. The lowest BCUT2D eigenvalue weighted by molar-refractivity contribution is -0.114. The van der Waals surface area contributed by atoms with Crippen LogP contribution in [0.4, 0.5) is 5.88 Å². The third-order valence-corrected chi connectivity index (χ3v) is 4.06. The van der Waals surface area contributed by atoms with E-state index in [2.05, 4.69) is 15.3 Å². The van der Waals surface area contributed by atoms with Crippen LogP contribution >= 0.6 is 0 Å². The SMILES string of the molecule is CC(=O)Nc1oc(-c2ncccc2-c2ccccc2)nc1-c1ccccc1. The monoisotopic (exact) mass is 355 g/mol. The highest BCUT2D eigenvalue weighted by Crippen LogP contribution is 2.35. The average Bonchev–Trinajstić information content (AvgIpc) is 3.12. The fourth-order valence-electron chi connectivity index (χ4n) is 2.88. The summed E-state index contributed by atoms with van der Waals surface area (Å²) in [6, 6.07) is 23.4. The van der Waals surface area contributed by atoms with Gasteiger partial charge < -0.3 is 4.42 Å². The molecule has 0 radical (unpaired) electrons. The van der Waals surface area contributed by atoms with Crippen molar-refractivity contribution in [1.29, 1.82) is 0 Å². The zero-order valence-electron chi connectivity index (χ0n) is 14.7. The third-order valence-electron chi connectivity index (χ3n) is 4.06. The lowest BCUT2D eigenvalue weighted by Gasteiger charge is -2.05. The van der Waals surface area contributed by atoms with Crippen molar-refractivity contribution in [2.24, 2.45) is 0 Å². The molecule has 5 nitrogen and oxygen atoms in total. The number of carbonyl (C=O) groups is 1. The number of pyridine rings is 1. The van der Waals surface area contributed by atoms with Gasteiger partial charge in [0.05, 0.1) is 0 Å². The second-order valence-corrected chi connectivity index (χ2v) is 6.01. The first-order valence-corrected chi connectivity index (χ1v) is 8.57. The van der Waals surface area contributed by atoms with Crippen molar-refractivity contribution in [2.75, 3.05) is 5.32 Å². The highest BCUT2D eigenvalue weighted by atomic mass is 16.4. The molecular weight excluding hydrogens is 338 g/mol. The van der Waals surface area contributed by atoms with Crippen LogP contribution in [0.5, 0.6) is 0 Å². The Hall–Kier alpha value is -3.73. The van der Waals surface area contributed by atoms with Crippen LogP contribution in [0.15, 0.2) is 83.4 Å². The predicted octanol–water partition coefficient (Wildman–Crippen LogP) is 5.03. The Bertz CT molecular complexity index is 1070. The standard InChI is InChI=1S/C22H17N3O2/c1-15(26)24-21-19(17-11-6-3-7-12-17)25-22(27-21)20-18(13-8-14-23-20)16-9-4-2-5-10-16/h2-14H,1H3,(H,24,26). The minimum absolute atomic E-state index is 0.223. The minimum Gasteiger partial charge on any atom is -0.418 e. The van der Waals surface area contributed by atoms with Crippen LogP contribution in [0.25, 0.3) is 34.0 Å². The van der Waals surface area contributed by atoms with E-state index in [1.807, 2.05) is 72.8 Å². The first-order valence-electron chi connectivity index (χ1n) is 8.57. The number of oxazole rings is 1. The molecule has 0 atom stereocenters. The molecule has 0 aliphatic rings. The lowest BCUT2D eigenvalue weighted by atomic mass is 10.0. The first-order chi connectivity index (χ1) is 13.2. The van der Waals surface area contributed by atoms with Gasteiger partial charge in [0.25, 0.3) is 0 Å². The van der Waals surface area contributed by atoms with Gasteiger partial charge in [-0.25, -0.2) is 4.98 Å². The molecule has 5 heteroatoms. The van der Waals surface area contributed by atoms with Crippen molar-refractivity contribution >= 4 is 11.8 Å². The largest absolute Gasteiger partial charge is 0.418 e. The molecule has 2 aromatic heterocycles. The summed E-state index contributed by atoms with van der Waals surface area (Å²) in [7, 11) is 0. The number of carbonyl (C=O) groups excluding carboxylic acids is 1. The molecule has 4 aromatic rings. The molecule has 0 bridgehead atoms. The van der Waals surface area contributed by atoms with Crippen molar-refractivity contribution in [1.82, 2.24) is 9.97 Å². The fraction of sp³-hybridized carbons (Fsp3) is 0.0455. The summed E-state index contributed by atoms with van der Waals surface area (Å²) in [5, 5.41) is 2.73. The predicted molar refractivity (Wildman–Crippen MR) is 105 cm³/mol. The maximum Gasteiger partial charge on any atom is 0.248 e. The van der Waals surface area contributed by atoms with Crippen LogP contribution in [0, 0.1) is 0 Å². The molecule has 0 saturated carbocycles. The van der Waals surface area contributed by atoms with Crippen molar-refractivity contribution in [2.45, 2.75) is 6.92 Å². The Morgan fingerprint density at radius 2 is 1.52 bits per heavy atom. The van der Waals surface area contributed by atoms with Crippen LogP contribution in [-0.4, -0.2) is 15.9 Å². The van der Waals surface area contributed by atoms with E-state index >= 15 is 0 Å². The van der Waals surface area contributed by atoms with Gasteiger partial charge in [0, 0.05) is 24.2 Å². The van der Waals surface area contributed by atoms with E-state index in [9.17, 15) is 4.79 Å². The van der Waals surface area contributed by atoms with Crippen molar-refractivity contribution in [3.05, 3.63) is 79.0 Å². The molecular formula is C22H17N3O2. The fourth-order valence-corrected chi connectivity index (χ4v) is 2.88. The number of nitrogens with one attached hydrogen (secondary N) is 1. The normalized spacial score (nSPS) is 10.6. The summed E-state index contributed by atoms with van der Waals surface area (Å²) in [4.78, 5) is 20.7. The van der Waals surface area contributed by atoms with E-state index in [4.69, 9.17) is 4.42 Å². The van der Waals surface area contributed by atoms with Gasteiger partial charge in [-0.15, -0.1) is 0 Å². The number of anilines is 1. The Kier molecular flexibility index (Phi) is 4.49. The average molecular weight is 355 g/mol. The van der Waals surface area contributed by atoms with Crippen LogP contribution in [-0.2, 0) is 4.79 Å². The topological polar surface area (TPSA) is 68.0 Å². The van der Waals surface area contributed by atoms with Gasteiger partial charge in [0.1, 0.15) is 11.4 Å². The van der Waals surface area contributed by atoms with Crippen LogP contribution in [0.3, 0.4) is 0 Å². The van der Waals surface area contributed by atoms with E-state index in [1.165, 1.54) is 6.92 Å². The van der Waals surface area contributed by atoms with Gasteiger partial charge in [-0.3, -0.25) is 15.1 Å². The maximum atomic E-state index is 11.6. The first kappa shape index (κ1) is 16.7. The number of hydrogen-bond acceptors (Lipinski definition) is 4. The summed E-state index contributed by atoms with van der Waals surface area (Å²) >= 11 is 0. The van der Waals surface area contributed by atoms with Gasteiger partial charge in [0.2, 0.25) is 17.7 Å². The van der Waals surface area contributed by atoms with Gasteiger partial charge in [0.15, 0.2) is 0 Å². The van der Waals surface area contributed by atoms with Gasteiger partial charge in [-0.1, -0.05) is 66.7 Å². The number of nitrogens with zero attached hydrogens (tertiary/aromatic N) is 2. The summed E-state index contributed by atoms with van der Waals surface area (Å²) in [6.45, 7) is 1.44. The number of rotatable bonds is 4. The molecule has 0 saturated heterocycles. The van der Waals surface area contributed by atoms with Crippen molar-refractivity contribution in [3.8, 4) is 34.0 Å². The van der Waals surface area contributed by atoms with Crippen LogP contribution in [0.2, 0.25) is 0 Å². The molecule has 132 valence electrons. The quantitative estimate of drug-likeness (QED) is 0.557. The molecule has 0 spiro atoms. The smallest absolute Gasteiger partial charge is 0.248 e. The number of hydrogen-bond donors (Lipinski definition) is 1. The maximum absolute atomic E-state index is 11.6. The molecule has 0 unspecified atom stereocenters. The van der Waals surface area contributed by atoms with Crippen LogP contribution < -0.4 is 5.32 Å². The highest BCUT2D eigenvalue weighted by Gasteiger charge is 2.20. The second-order valence-electron chi connectivity index (χ2n) is 6.01. The van der Waals surface area contributed by atoms with E-state index < -0.39 is 0 Å². The molecule has 1 N–H and O–H groups in total. The minimum atomic E-state index is -0.223. The molecule has 0 fully saturated rings. The Balaban J connectivity index is 1.87. The lowest BCUT2D eigenvalue weighted by Crippen LogP contribution is -2.05. The molecule has 0 aliphatic heterocycles. The van der Waals surface area contributed by atoms with Crippen molar-refractivity contribution < 1.29 is 9.21 Å². The molecule has 4 rings (SSSR count). The van der Waals surface area contributed by atoms with Gasteiger partial charge in [-0.2, -0.15) is 0 Å². The summed E-state index contributed by atoms with van der Waals surface area (Å²) in [6.07, 6.45) is 1.70. The Morgan fingerprint density at radius 1 is 0.852 bits per heavy atom. The van der Waals surface area contributed by atoms with E-state index in [1.54, 1.807) is 6.20 Å². The Morgan fingerprint density at radius 3 is 2.19 bits per heavy atom. The van der Waals surface area contributed by atoms with E-state index in [0.717, 1.165) is 16.7 Å². The second kappa shape index (κ2) is 7.25. The van der Waals surface area contributed by atoms with Crippen molar-refractivity contribution in [3.63, 3.8) is 0 Å². The molecule has 0 aliphatic carbocycles. The molecule has 2 heterocycles. The van der Waals surface area contributed by atoms with E-state index in [0.29, 0.717) is 23.2 Å².